The summed E-state index contributed by atoms with van der Waals surface area (Å²) in [5.41, 5.74) is 2.08. The third kappa shape index (κ3) is 4.87. The van der Waals surface area contributed by atoms with E-state index >= 15 is 0 Å². The lowest BCUT2D eigenvalue weighted by molar-refractivity contribution is -0.140. The van der Waals surface area contributed by atoms with Crippen LogP contribution in [0.4, 0.5) is 0 Å². The molecule has 4 aromatic rings. The monoisotopic (exact) mass is 529 g/mol. The van der Waals surface area contributed by atoms with E-state index in [9.17, 15) is 14.7 Å². The Morgan fingerprint density at radius 2 is 1.92 bits per heavy atom. The highest BCUT2D eigenvalue weighted by molar-refractivity contribution is 6.46. The Balaban J connectivity index is 1.67. The number of aryl methyl sites for hydroxylation is 1. The van der Waals surface area contributed by atoms with Crippen LogP contribution >= 0.6 is 0 Å². The number of nitrogens with zero attached hydrogens (tertiary/aromatic N) is 3. The Morgan fingerprint density at radius 1 is 1.08 bits per heavy atom. The zero-order valence-corrected chi connectivity index (χ0v) is 22.2. The standard InChI is InChI=1S/C30H31N3O6/c1-4-6-15-39-22-13-12-20(17-23(22)37-5-2)27-25(29(35)30(36)33(27)18-21-10-9-16-38-21)28(34)26-19(3)31-24-11-7-8-14-32(24)26/h7-14,16-17,27,34H,4-6,15,18H2,1-3H3. The van der Waals surface area contributed by atoms with Crippen LogP contribution in [0.5, 0.6) is 11.5 Å². The molecule has 0 aliphatic carbocycles. The molecule has 1 N–H and O–H groups in total. The van der Waals surface area contributed by atoms with E-state index in [4.69, 9.17) is 13.9 Å². The molecule has 1 aliphatic rings. The maximum atomic E-state index is 13.5. The molecule has 9 heteroatoms. The van der Waals surface area contributed by atoms with Gasteiger partial charge in [-0.05, 0) is 62.2 Å². The number of ether oxygens (including phenoxy) is 2. The maximum Gasteiger partial charge on any atom is 0.296 e. The van der Waals surface area contributed by atoms with Crippen LogP contribution in [0.1, 0.15) is 55.4 Å². The predicted octanol–water partition coefficient (Wildman–Crippen LogP) is 5.44. The number of rotatable bonds is 10. The van der Waals surface area contributed by atoms with E-state index in [0.29, 0.717) is 53.1 Å². The molecule has 0 bridgehead atoms. The number of carbonyl (C=O) groups excluding carboxylic acids is 2. The predicted molar refractivity (Wildman–Crippen MR) is 144 cm³/mol. The Hall–Kier alpha value is -4.53. The van der Waals surface area contributed by atoms with Crippen molar-refractivity contribution in [2.75, 3.05) is 13.2 Å². The molecule has 1 aromatic carbocycles. The van der Waals surface area contributed by atoms with Gasteiger partial charge < -0.3 is 23.9 Å². The minimum absolute atomic E-state index is 0.0255. The third-order valence-electron chi connectivity index (χ3n) is 6.71. The summed E-state index contributed by atoms with van der Waals surface area (Å²) in [5.74, 6) is -0.216. The average Bonchev–Trinajstić information content (AvgIpc) is 3.62. The van der Waals surface area contributed by atoms with Gasteiger partial charge in [-0.15, -0.1) is 0 Å². The molecule has 5 rings (SSSR count). The molecule has 3 aromatic heterocycles. The van der Waals surface area contributed by atoms with Gasteiger partial charge in [-0.3, -0.25) is 14.0 Å². The van der Waals surface area contributed by atoms with Gasteiger partial charge in [0.2, 0.25) is 0 Å². The summed E-state index contributed by atoms with van der Waals surface area (Å²) in [4.78, 5) is 32.9. The van der Waals surface area contributed by atoms with E-state index in [1.54, 1.807) is 47.9 Å². The van der Waals surface area contributed by atoms with Crippen molar-refractivity contribution in [1.82, 2.24) is 14.3 Å². The lowest BCUT2D eigenvalue weighted by Crippen LogP contribution is -2.29. The zero-order valence-electron chi connectivity index (χ0n) is 22.2. The first kappa shape index (κ1) is 26.1. The molecule has 202 valence electrons. The second-order valence-corrected chi connectivity index (χ2v) is 9.32. The highest BCUT2D eigenvalue weighted by atomic mass is 16.5. The van der Waals surface area contributed by atoms with Crippen LogP contribution in [0.3, 0.4) is 0 Å². The van der Waals surface area contributed by atoms with Crippen molar-refractivity contribution in [3.8, 4) is 11.5 Å². The number of likely N-dealkylation sites (tertiary alicyclic amines) is 1. The molecule has 9 nitrogen and oxygen atoms in total. The van der Waals surface area contributed by atoms with Gasteiger partial charge in [-0.25, -0.2) is 4.98 Å². The molecule has 4 heterocycles. The minimum Gasteiger partial charge on any atom is -0.505 e. The molecule has 1 saturated heterocycles. The Kier molecular flexibility index (Phi) is 7.40. The number of Topliss-reactive ketones (excluding diaryl/α,β-unsaturated/α-hetero) is 1. The molecule has 1 amide bonds. The van der Waals surface area contributed by atoms with E-state index in [2.05, 4.69) is 11.9 Å². The van der Waals surface area contributed by atoms with Gasteiger partial charge in [0.05, 0.1) is 43.3 Å². The summed E-state index contributed by atoms with van der Waals surface area (Å²) in [6.07, 6.45) is 5.16. The van der Waals surface area contributed by atoms with Crippen LogP contribution in [0, 0.1) is 6.92 Å². The minimum atomic E-state index is -0.896. The Morgan fingerprint density at radius 3 is 2.67 bits per heavy atom. The van der Waals surface area contributed by atoms with Crippen LogP contribution in [-0.4, -0.2) is 44.3 Å². The van der Waals surface area contributed by atoms with E-state index in [-0.39, 0.29) is 17.9 Å². The lowest BCUT2D eigenvalue weighted by Gasteiger charge is -2.25. The molecule has 1 unspecified atom stereocenters. The Bertz CT molecular complexity index is 1540. The number of hydrogen-bond acceptors (Lipinski definition) is 7. The smallest absolute Gasteiger partial charge is 0.296 e. The van der Waals surface area contributed by atoms with Gasteiger partial charge in [-0.1, -0.05) is 25.5 Å². The second-order valence-electron chi connectivity index (χ2n) is 9.32. The van der Waals surface area contributed by atoms with Crippen LogP contribution < -0.4 is 9.47 Å². The summed E-state index contributed by atoms with van der Waals surface area (Å²) >= 11 is 0. The van der Waals surface area contributed by atoms with Crippen molar-refractivity contribution in [3.05, 3.63) is 89.3 Å². The van der Waals surface area contributed by atoms with Crippen molar-refractivity contribution < 1.29 is 28.6 Å². The van der Waals surface area contributed by atoms with Crippen LogP contribution in [-0.2, 0) is 16.1 Å². The molecule has 0 saturated carbocycles. The molecular formula is C30H31N3O6. The number of fused-ring (bicyclic) bond motifs is 1. The number of furan rings is 1. The molecule has 1 fully saturated rings. The largest absolute Gasteiger partial charge is 0.505 e. The molecular weight excluding hydrogens is 498 g/mol. The normalized spacial score (nSPS) is 16.8. The highest BCUT2D eigenvalue weighted by Gasteiger charge is 2.47. The van der Waals surface area contributed by atoms with Gasteiger partial charge in [0.25, 0.3) is 11.7 Å². The first-order valence-electron chi connectivity index (χ1n) is 13.1. The lowest BCUT2D eigenvalue weighted by atomic mass is 9.95. The number of ketones is 1. The summed E-state index contributed by atoms with van der Waals surface area (Å²) < 4.78 is 19.0. The van der Waals surface area contributed by atoms with Crippen LogP contribution in [0.15, 0.2) is 71.0 Å². The molecule has 0 spiro atoms. The topological polar surface area (TPSA) is 107 Å². The van der Waals surface area contributed by atoms with Crippen LogP contribution in [0.25, 0.3) is 11.4 Å². The van der Waals surface area contributed by atoms with Crippen LogP contribution in [0.2, 0.25) is 0 Å². The van der Waals surface area contributed by atoms with Gasteiger partial charge in [-0.2, -0.15) is 0 Å². The van der Waals surface area contributed by atoms with Crippen molar-refractivity contribution in [2.45, 2.75) is 46.2 Å². The highest BCUT2D eigenvalue weighted by Crippen LogP contribution is 2.43. The third-order valence-corrected chi connectivity index (χ3v) is 6.71. The van der Waals surface area contributed by atoms with Gasteiger partial charge in [0.1, 0.15) is 17.1 Å². The SMILES string of the molecule is CCCCOc1ccc(C2C(=C(O)c3c(C)nc4ccccn34)C(=O)C(=O)N2Cc2ccco2)cc1OCC. The van der Waals surface area contributed by atoms with E-state index < -0.39 is 17.7 Å². The molecule has 0 radical (unpaired) electrons. The number of imidazole rings is 1. The van der Waals surface area contributed by atoms with E-state index in [1.807, 2.05) is 25.1 Å². The molecule has 1 aliphatic heterocycles. The van der Waals surface area contributed by atoms with Crippen molar-refractivity contribution >= 4 is 23.1 Å². The van der Waals surface area contributed by atoms with Crippen molar-refractivity contribution in [2.24, 2.45) is 0 Å². The van der Waals surface area contributed by atoms with Crippen molar-refractivity contribution in [3.63, 3.8) is 0 Å². The van der Waals surface area contributed by atoms with E-state index in [1.165, 1.54) is 11.2 Å². The second kappa shape index (κ2) is 11.1. The Labute approximate surface area is 226 Å². The first-order valence-corrected chi connectivity index (χ1v) is 13.1. The number of benzene rings is 1. The van der Waals surface area contributed by atoms with Gasteiger partial charge >= 0.3 is 0 Å². The summed E-state index contributed by atoms with van der Waals surface area (Å²) in [5, 5.41) is 11.7. The van der Waals surface area contributed by atoms with Gasteiger partial charge in [0, 0.05) is 6.20 Å². The number of carbonyl (C=O) groups is 2. The fraction of sp³-hybridized carbons (Fsp3) is 0.300. The first-order chi connectivity index (χ1) is 18.9. The summed E-state index contributed by atoms with van der Waals surface area (Å²) in [7, 11) is 0. The summed E-state index contributed by atoms with van der Waals surface area (Å²) in [6, 6.07) is 13.4. The fourth-order valence-corrected chi connectivity index (χ4v) is 4.90. The number of hydrogen-bond donors (Lipinski definition) is 1. The number of aromatic nitrogens is 2. The van der Waals surface area contributed by atoms with E-state index in [0.717, 1.165) is 12.8 Å². The molecule has 39 heavy (non-hydrogen) atoms. The maximum absolute atomic E-state index is 13.5. The number of aliphatic hydroxyl groups excluding tert-OH is 1. The average molecular weight is 530 g/mol. The quantitative estimate of drug-likeness (QED) is 0.126. The molecule has 1 atom stereocenters. The number of pyridine rings is 1. The fourth-order valence-electron chi connectivity index (χ4n) is 4.90. The zero-order chi connectivity index (χ0) is 27.5. The number of amides is 1. The van der Waals surface area contributed by atoms with Gasteiger partial charge in [0.15, 0.2) is 17.3 Å². The number of unbranched alkanes of at least 4 members (excludes halogenated alkanes) is 1. The number of aliphatic hydroxyl groups is 1. The van der Waals surface area contributed by atoms with Crippen molar-refractivity contribution in [1.29, 1.82) is 0 Å². The summed E-state index contributed by atoms with van der Waals surface area (Å²) in [6.45, 7) is 6.71.